The second kappa shape index (κ2) is 10.7. The molecule has 1 amide bonds. The minimum atomic E-state index is -0.247. The lowest BCUT2D eigenvalue weighted by atomic mass is 10.1. The molecular weight excluding hydrogens is 358 g/mol. The molecule has 2 N–H and O–H groups in total. The molecule has 0 saturated heterocycles. The largest absolute Gasteiger partial charge is 0.466 e. The Balaban J connectivity index is 1.97. The number of nitrogens with zero attached hydrogens (tertiary/aromatic N) is 2. The number of esters is 1. The number of hydrogen-bond donors (Lipinski definition) is 1. The van der Waals surface area contributed by atoms with Crippen molar-refractivity contribution >= 4 is 29.5 Å². The molecule has 148 valence electrons. The summed E-state index contributed by atoms with van der Waals surface area (Å²) in [5.41, 5.74) is 8.25. The quantitative estimate of drug-likeness (QED) is 0.236. The maximum atomic E-state index is 12.7. The number of para-hydroxylation sites is 1. The first-order valence-corrected chi connectivity index (χ1v) is 9.06. The third kappa shape index (κ3) is 6.12. The molecule has 7 heteroatoms. The molecule has 28 heavy (non-hydrogen) atoms. The summed E-state index contributed by atoms with van der Waals surface area (Å²) in [7, 11) is 1.70. The Bertz CT molecular complexity index is 819. The Kier molecular flexibility index (Phi) is 8.02. The predicted molar refractivity (Wildman–Crippen MR) is 109 cm³/mol. The van der Waals surface area contributed by atoms with Gasteiger partial charge in [-0.3, -0.25) is 9.59 Å². The number of rotatable bonds is 9. The van der Waals surface area contributed by atoms with Crippen molar-refractivity contribution in [2.24, 2.45) is 5.16 Å². The summed E-state index contributed by atoms with van der Waals surface area (Å²) in [6.07, 6.45) is 2.36. The van der Waals surface area contributed by atoms with Crippen LogP contribution in [0.25, 0.3) is 0 Å². The summed E-state index contributed by atoms with van der Waals surface area (Å²) >= 11 is 0. The molecule has 0 heterocycles. The molecule has 0 unspecified atom stereocenters. The Morgan fingerprint density at radius 3 is 2.57 bits per heavy atom. The van der Waals surface area contributed by atoms with Gasteiger partial charge in [0.15, 0.2) is 0 Å². The van der Waals surface area contributed by atoms with Crippen molar-refractivity contribution in [2.45, 2.75) is 19.8 Å². The first-order valence-electron chi connectivity index (χ1n) is 9.06. The second-order valence-electron chi connectivity index (χ2n) is 6.02. The zero-order valence-corrected chi connectivity index (χ0v) is 16.1. The highest BCUT2D eigenvalue weighted by Crippen LogP contribution is 2.20. The molecule has 0 bridgehead atoms. The summed E-state index contributed by atoms with van der Waals surface area (Å²) in [6, 6.07) is 14.1. The van der Waals surface area contributed by atoms with Gasteiger partial charge in [-0.2, -0.15) is 0 Å². The van der Waals surface area contributed by atoms with Gasteiger partial charge in [-0.25, -0.2) is 0 Å². The van der Waals surface area contributed by atoms with Gasteiger partial charge in [0.05, 0.1) is 18.5 Å². The van der Waals surface area contributed by atoms with Crippen molar-refractivity contribution in [1.29, 1.82) is 0 Å². The van der Waals surface area contributed by atoms with Gasteiger partial charge in [-0.15, -0.1) is 0 Å². The van der Waals surface area contributed by atoms with Gasteiger partial charge in [0.2, 0.25) is 0 Å². The van der Waals surface area contributed by atoms with Crippen LogP contribution in [0.2, 0.25) is 0 Å². The zero-order chi connectivity index (χ0) is 20.4. The molecule has 0 aliphatic rings. The summed E-state index contributed by atoms with van der Waals surface area (Å²) in [4.78, 5) is 30.7. The molecule has 0 fully saturated rings. The minimum absolute atomic E-state index is 0.156. The van der Waals surface area contributed by atoms with Crippen molar-refractivity contribution in [3.8, 4) is 0 Å². The van der Waals surface area contributed by atoms with Gasteiger partial charge in [-0.05, 0) is 43.7 Å². The van der Waals surface area contributed by atoms with Gasteiger partial charge in [-0.1, -0.05) is 23.4 Å². The monoisotopic (exact) mass is 383 g/mol. The van der Waals surface area contributed by atoms with E-state index in [1.165, 1.54) is 0 Å². The lowest BCUT2D eigenvalue weighted by Crippen LogP contribution is -2.27. The van der Waals surface area contributed by atoms with E-state index in [1.54, 1.807) is 49.4 Å². The van der Waals surface area contributed by atoms with Crippen LogP contribution in [-0.2, 0) is 14.4 Å². The van der Waals surface area contributed by atoms with Gasteiger partial charge in [0.1, 0.15) is 6.61 Å². The number of nitrogens with two attached hydrogens (primary N) is 1. The number of amides is 1. The highest BCUT2D eigenvalue weighted by Gasteiger charge is 2.15. The van der Waals surface area contributed by atoms with Crippen LogP contribution in [0, 0.1) is 0 Å². The third-order valence-corrected chi connectivity index (χ3v) is 3.95. The average molecular weight is 383 g/mol. The number of carbonyl (C=O) groups excluding carboxylic acids is 2. The van der Waals surface area contributed by atoms with Crippen LogP contribution in [-0.4, -0.2) is 38.4 Å². The standard InChI is InChI=1S/C21H25N3O4/c1-3-27-20(25)9-6-14-28-23-15-17-7-4-5-8-19(17)24(2)21(26)16-10-12-18(22)13-11-16/h4-5,7-8,10-13,15H,3,6,9,14,22H2,1-2H3. The van der Waals surface area contributed by atoms with Crippen LogP contribution >= 0.6 is 0 Å². The van der Waals surface area contributed by atoms with E-state index in [4.69, 9.17) is 15.3 Å². The first-order chi connectivity index (χ1) is 13.5. The maximum absolute atomic E-state index is 12.7. The SMILES string of the molecule is CCOC(=O)CCCON=Cc1ccccc1N(C)C(=O)c1ccc(N)cc1. The lowest BCUT2D eigenvalue weighted by Gasteiger charge is -2.19. The molecule has 2 aromatic rings. The molecule has 0 spiro atoms. The Morgan fingerprint density at radius 1 is 1.14 bits per heavy atom. The number of nitrogen functional groups attached to an aromatic ring is 1. The van der Waals surface area contributed by atoms with Crippen molar-refractivity contribution < 1.29 is 19.2 Å². The number of anilines is 2. The second-order valence-corrected chi connectivity index (χ2v) is 6.02. The van der Waals surface area contributed by atoms with Gasteiger partial charge in [0, 0.05) is 30.3 Å². The van der Waals surface area contributed by atoms with E-state index in [1.807, 2.05) is 24.3 Å². The zero-order valence-electron chi connectivity index (χ0n) is 16.1. The molecular formula is C21H25N3O4. The first kappa shape index (κ1) is 21.0. The fraction of sp³-hybridized carbons (Fsp3) is 0.286. The number of hydrogen-bond acceptors (Lipinski definition) is 6. The maximum Gasteiger partial charge on any atom is 0.305 e. The fourth-order valence-corrected chi connectivity index (χ4v) is 2.49. The van der Waals surface area contributed by atoms with Crippen LogP contribution < -0.4 is 10.6 Å². The van der Waals surface area contributed by atoms with Gasteiger partial charge < -0.3 is 20.2 Å². The van der Waals surface area contributed by atoms with Crippen molar-refractivity contribution in [2.75, 3.05) is 30.9 Å². The van der Waals surface area contributed by atoms with E-state index in [-0.39, 0.29) is 11.9 Å². The van der Waals surface area contributed by atoms with Gasteiger partial charge in [0.25, 0.3) is 5.91 Å². The van der Waals surface area contributed by atoms with Gasteiger partial charge >= 0.3 is 5.97 Å². The number of ether oxygens (including phenoxy) is 1. The van der Waals surface area contributed by atoms with Crippen LogP contribution in [0.1, 0.15) is 35.7 Å². The number of carbonyl (C=O) groups is 2. The molecule has 0 aliphatic carbocycles. The summed E-state index contributed by atoms with van der Waals surface area (Å²) < 4.78 is 4.85. The topological polar surface area (TPSA) is 94.2 Å². The van der Waals surface area contributed by atoms with Crippen molar-refractivity contribution in [3.05, 3.63) is 59.7 Å². The highest BCUT2D eigenvalue weighted by atomic mass is 16.6. The molecule has 0 aromatic heterocycles. The molecule has 2 aromatic carbocycles. The normalized spacial score (nSPS) is 10.6. The molecule has 0 atom stereocenters. The number of benzene rings is 2. The smallest absolute Gasteiger partial charge is 0.305 e. The van der Waals surface area contributed by atoms with Crippen molar-refractivity contribution in [1.82, 2.24) is 0 Å². The Morgan fingerprint density at radius 2 is 1.86 bits per heavy atom. The molecule has 0 aliphatic heterocycles. The summed E-state index contributed by atoms with van der Waals surface area (Å²) in [6.45, 7) is 2.44. The molecule has 7 nitrogen and oxygen atoms in total. The van der Waals surface area contributed by atoms with E-state index in [0.29, 0.717) is 43.0 Å². The predicted octanol–water partition coefficient (Wildman–Crippen LogP) is 3.24. The summed E-state index contributed by atoms with van der Waals surface area (Å²) in [5.74, 6) is -0.403. The van der Waals surface area contributed by atoms with Crippen LogP contribution in [0.4, 0.5) is 11.4 Å². The Hall–Kier alpha value is -3.35. The van der Waals surface area contributed by atoms with E-state index >= 15 is 0 Å². The minimum Gasteiger partial charge on any atom is -0.466 e. The fourth-order valence-electron chi connectivity index (χ4n) is 2.49. The third-order valence-electron chi connectivity index (χ3n) is 3.95. The molecule has 0 radical (unpaired) electrons. The molecule has 2 rings (SSSR count). The summed E-state index contributed by atoms with van der Waals surface area (Å²) in [5, 5.41) is 3.94. The van der Waals surface area contributed by atoms with Crippen LogP contribution in [0.3, 0.4) is 0 Å². The average Bonchev–Trinajstić information content (AvgIpc) is 2.70. The van der Waals surface area contributed by atoms with E-state index < -0.39 is 0 Å². The molecule has 0 saturated carbocycles. The highest BCUT2D eigenvalue weighted by molar-refractivity contribution is 6.08. The van der Waals surface area contributed by atoms with Crippen molar-refractivity contribution in [3.63, 3.8) is 0 Å². The Labute approximate surface area is 164 Å². The number of oxime groups is 1. The van der Waals surface area contributed by atoms with Crippen LogP contribution in [0.5, 0.6) is 0 Å². The van der Waals surface area contributed by atoms with E-state index in [0.717, 1.165) is 5.56 Å². The van der Waals surface area contributed by atoms with E-state index in [9.17, 15) is 9.59 Å². The van der Waals surface area contributed by atoms with E-state index in [2.05, 4.69) is 5.16 Å². The van der Waals surface area contributed by atoms with Crippen LogP contribution in [0.15, 0.2) is 53.7 Å². The lowest BCUT2D eigenvalue weighted by molar-refractivity contribution is -0.143.